The van der Waals surface area contributed by atoms with Gasteiger partial charge in [0.1, 0.15) is 0 Å². The average molecular weight is 360 g/mol. The fourth-order valence-electron chi connectivity index (χ4n) is 2.52. The molecule has 0 heterocycles. The SMILES string of the molecule is CC[C@@H](NC(=O)CN(C)S(=O)(=O)c1ccccc1)c1ccc(C)cc1. The monoisotopic (exact) mass is 360 g/mol. The second kappa shape index (κ2) is 8.27. The van der Waals surface area contributed by atoms with E-state index < -0.39 is 10.0 Å². The fraction of sp³-hybridized carbons (Fsp3) is 0.316. The van der Waals surface area contributed by atoms with E-state index in [1.54, 1.807) is 18.2 Å². The van der Waals surface area contributed by atoms with Crippen LogP contribution in [0.5, 0.6) is 0 Å². The number of hydrogen-bond acceptors (Lipinski definition) is 3. The zero-order valence-electron chi connectivity index (χ0n) is 14.8. The zero-order chi connectivity index (χ0) is 18.4. The summed E-state index contributed by atoms with van der Waals surface area (Å²) in [7, 11) is -2.26. The highest BCUT2D eigenvalue weighted by Gasteiger charge is 2.23. The molecule has 6 heteroatoms. The normalized spacial score (nSPS) is 12.8. The van der Waals surface area contributed by atoms with Crippen LogP contribution in [0.2, 0.25) is 0 Å². The number of nitrogens with zero attached hydrogens (tertiary/aromatic N) is 1. The van der Waals surface area contributed by atoms with Crippen LogP contribution in [0.4, 0.5) is 0 Å². The van der Waals surface area contributed by atoms with Gasteiger partial charge in [-0.15, -0.1) is 0 Å². The van der Waals surface area contributed by atoms with Crippen LogP contribution in [0.15, 0.2) is 59.5 Å². The number of carbonyl (C=O) groups is 1. The summed E-state index contributed by atoms with van der Waals surface area (Å²) in [5.41, 5.74) is 2.16. The average Bonchev–Trinajstić information content (AvgIpc) is 2.61. The van der Waals surface area contributed by atoms with Gasteiger partial charge in [0.15, 0.2) is 0 Å². The van der Waals surface area contributed by atoms with Crippen LogP contribution in [0.25, 0.3) is 0 Å². The van der Waals surface area contributed by atoms with Gasteiger partial charge in [-0.05, 0) is 31.0 Å². The van der Waals surface area contributed by atoms with E-state index in [1.165, 1.54) is 19.2 Å². The third-order valence-electron chi connectivity index (χ3n) is 4.04. The second-order valence-electron chi connectivity index (χ2n) is 6.01. The Hall–Kier alpha value is -2.18. The molecule has 134 valence electrons. The molecule has 0 bridgehead atoms. The molecule has 0 spiro atoms. The molecule has 0 unspecified atom stereocenters. The quantitative estimate of drug-likeness (QED) is 0.826. The standard InChI is InChI=1S/C19H24N2O3S/c1-4-18(16-12-10-15(2)11-13-16)20-19(22)14-21(3)25(23,24)17-8-6-5-7-9-17/h5-13,18H,4,14H2,1-3H3,(H,20,22)/t18-/m1/s1. The molecular formula is C19H24N2O3S. The summed E-state index contributed by atoms with van der Waals surface area (Å²) in [6.45, 7) is 3.77. The molecule has 2 aromatic carbocycles. The Morgan fingerprint density at radius 3 is 2.24 bits per heavy atom. The number of nitrogens with one attached hydrogen (secondary N) is 1. The summed E-state index contributed by atoms with van der Waals surface area (Å²) in [5, 5.41) is 2.91. The maximum absolute atomic E-state index is 12.5. The molecule has 0 aliphatic carbocycles. The Morgan fingerprint density at radius 2 is 1.68 bits per heavy atom. The molecule has 0 aromatic heterocycles. The van der Waals surface area contributed by atoms with Crippen LogP contribution >= 0.6 is 0 Å². The van der Waals surface area contributed by atoms with Gasteiger partial charge >= 0.3 is 0 Å². The number of hydrogen-bond donors (Lipinski definition) is 1. The summed E-state index contributed by atoms with van der Waals surface area (Å²) < 4.78 is 26.0. The third-order valence-corrected chi connectivity index (χ3v) is 5.86. The van der Waals surface area contributed by atoms with Crippen molar-refractivity contribution in [2.75, 3.05) is 13.6 Å². The van der Waals surface area contributed by atoms with Crippen LogP contribution in [0, 0.1) is 6.92 Å². The molecule has 0 saturated heterocycles. The lowest BCUT2D eigenvalue weighted by molar-refractivity contribution is -0.121. The van der Waals surface area contributed by atoms with E-state index >= 15 is 0 Å². The van der Waals surface area contributed by atoms with Crippen molar-refractivity contribution in [3.8, 4) is 0 Å². The summed E-state index contributed by atoms with van der Waals surface area (Å²) in [4.78, 5) is 12.5. The molecule has 1 amide bonds. The van der Waals surface area contributed by atoms with Crippen molar-refractivity contribution in [3.05, 3.63) is 65.7 Å². The number of carbonyl (C=O) groups excluding carboxylic acids is 1. The maximum Gasteiger partial charge on any atom is 0.243 e. The Kier molecular flexibility index (Phi) is 6.33. The van der Waals surface area contributed by atoms with Gasteiger partial charge in [-0.25, -0.2) is 8.42 Å². The molecular weight excluding hydrogens is 336 g/mol. The van der Waals surface area contributed by atoms with Crippen LogP contribution in [-0.4, -0.2) is 32.2 Å². The zero-order valence-corrected chi connectivity index (χ0v) is 15.6. The first-order chi connectivity index (χ1) is 11.8. The van der Waals surface area contributed by atoms with Crippen LogP contribution < -0.4 is 5.32 Å². The lowest BCUT2D eigenvalue weighted by atomic mass is 10.0. The first-order valence-electron chi connectivity index (χ1n) is 8.22. The molecule has 2 aromatic rings. The Balaban J connectivity index is 2.04. The molecule has 1 N–H and O–H groups in total. The molecule has 0 aliphatic rings. The van der Waals surface area contributed by atoms with Crippen molar-refractivity contribution in [2.45, 2.75) is 31.2 Å². The third kappa shape index (κ3) is 4.90. The predicted octanol–water partition coefficient (Wildman–Crippen LogP) is 2.88. The van der Waals surface area contributed by atoms with Gasteiger partial charge in [0.25, 0.3) is 0 Å². The van der Waals surface area contributed by atoms with Crippen molar-refractivity contribution in [2.24, 2.45) is 0 Å². The van der Waals surface area contributed by atoms with E-state index in [-0.39, 0.29) is 23.4 Å². The van der Waals surface area contributed by atoms with Crippen LogP contribution in [0.1, 0.15) is 30.5 Å². The maximum atomic E-state index is 12.5. The Labute approximate surface area is 149 Å². The topological polar surface area (TPSA) is 66.5 Å². The van der Waals surface area contributed by atoms with Crippen molar-refractivity contribution in [3.63, 3.8) is 0 Å². The summed E-state index contributed by atoms with van der Waals surface area (Å²) in [5.74, 6) is -0.325. The number of sulfonamides is 1. The molecule has 2 rings (SSSR count). The summed E-state index contributed by atoms with van der Waals surface area (Å²) >= 11 is 0. The lowest BCUT2D eigenvalue weighted by Crippen LogP contribution is -2.39. The van der Waals surface area contributed by atoms with Crippen molar-refractivity contribution < 1.29 is 13.2 Å². The van der Waals surface area contributed by atoms with Gasteiger partial charge < -0.3 is 5.32 Å². The highest BCUT2D eigenvalue weighted by molar-refractivity contribution is 7.89. The molecule has 0 fully saturated rings. The molecule has 1 atom stereocenters. The highest BCUT2D eigenvalue weighted by atomic mass is 32.2. The molecule has 5 nitrogen and oxygen atoms in total. The molecule has 0 aliphatic heterocycles. The van der Waals surface area contributed by atoms with Gasteiger partial charge in [-0.1, -0.05) is 55.0 Å². The summed E-state index contributed by atoms with van der Waals surface area (Å²) in [6.07, 6.45) is 0.726. The molecule has 0 radical (unpaired) electrons. The van der Waals surface area contributed by atoms with Crippen molar-refractivity contribution in [1.82, 2.24) is 9.62 Å². The predicted molar refractivity (Wildman–Crippen MR) is 98.6 cm³/mol. The van der Waals surface area contributed by atoms with E-state index in [1.807, 2.05) is 38.1 Å². The van der Waals surface area contributed by atoms with E-state index in [9.17, 15) is 13.2 Å². The van der Waals surface area contributed by atoms with Crippen LogP contribution in [-0.2, 0) is 14.8 Å². The minimum Gasteiger partial charge on any atom is -0.348 e. The highest BCUT2D eigenvalue weighted by Crippen LogP contribution is 2.18. The van der Waals surface area contributed by atoms with Gasteiger partial charge in [-0.2, -0.15) is 4.31 Å². The number of rotatable bonds is 7. The number of amides is 1. The van der Waals surface area contributed by atoms with Gasteiger partial charge in [-0.3, -0.25) is 4.79 Å². The molecule has 25 heavy (non-hydrogen) atoms. The van der Waals surface area contributed by atoms with E-state index in [2.05, 4.69) is 5.32 Å². The van der Waals surface area contributed by atoms with Gasteiger partial charge in [0.05, 0.1) is 17.5 Å². The smallest absolute Gasteiger partial charge is 0.243 e. The minimum atomic E-state index is -3.67. The van der Waals surface area contributed by atoms with Crippen molar-refractivity contribution >= 4 is 15.9 Å². The van der Waals surface area contributed by atoms with Gasteiger partial charge in [0.2, 0.25) is 15.9 Å². The number of likely N-dealkylation sites (N-methyl/N-ethyl adjacent to an activating group) is 1. The summed E-state index contributed by atoms with van der Waals surface area (Å²) in [6, 6.07) is 15.9. The van der Waals surface area contributed by atoms with Crippen LogP contribution in [0.3, 0.4) is 0 Å². The van der Waals surface area contributed by atoms with E-state index in [4.69, 9.17) is 0 Å². The minimum absolute atomic E-state index is 0.138. The first-order valence-corrected chi connectivity index (χ1v) is 9.66. The Bertz CT molecular complexity index is 802. The lowest BCUT2D eigenvalue weighted by Gasteiger charge is -2.21. The van der Waals surface area contributed by atoms with Gasteiger partial charge in [0, 0.05) is 7.05 Å². The Morgan fingerprint density at radius 1 is 1.08 bits per heavy atom. The fourth-order valence-corrected chi connectivity index (χ4v) is 3.67. The second-order valence-corrected chi connectivity index (χ2v) is 8.06. The van der Waals surface area contributed by atoms with Crippen molar-refractivity contribution in [1.29, 1.82) is 0 Å². The van der Waals surface area contributed by atoms with E-state index in [0.717, 1.165) is 21.9 Å². The molecule has 0 saturated carbocycles. The first kappa shape index (κ1) is 19.1. The number of aryl methyl sites for hydroxylation is 1. The largest absolute Gasteiger partial charge is 0.348 e. The van der Waals surface area contributed by atoms with E-state index in [0.29, 0.717) is 0 Å². The number of benzene rings is 2.